The summed E-state index contributed by atoms with van der Waals surface area (Å²) in [6.45, 7) is 9.30. The highest BCUT2D eigenvalue weighted by molar-refractivity contribution is 5.82. The lowest BCUT2D eigenvalue weighted by Crippen LogP contribution is -2.26. The molecule has 198 valence electrons. The zero-order valence-electron chi connectivity index (χ0n) is 22.0. The lowest BCUT2D eigenvalue weighted by atomic mass is 9.91. The van der Waals surface area contributed by atoms with Crippen molar-refractivity contribution < 1.29 is 24.1 Å². The van der Waals surface area contributed by atoms with E-state index in [2.05, 4.69) is 50.8 Å². The van der Waals surface area contributed by atoms with Crippen molar-refractivity contribution in [3.8, 4) is 0 Å². The molecule has 0 saturated heterocycles. The van der Waals surface area contributed by atoms with Gasteiger partial charge in [0.25, 0.3) is 0 Å². The predicted molar refractivity (Wildman–Crippen MR) is 142 cm³/mol. The summed E-state index contributed by atoms with van der Waals surface area (Å²) in [5.41, 5.74) is 2.47. The van der Waals surface area contributed by atoms with Gasteiger partial charge >= 0.3 is 5.97 Å². The number of rotatable bonds is 3. The van der Waals surface area contributed by atoms with Crippen molar-refractivity contribution in [3.63, 3.8) is 0 Å². The molecule has 0 unspecified atom stereocenters. The Hall–Kier alpha value is -1.95. The van der Waals surface area contributed by atoms with E-state index in [4.69, 9.17) is 14.2 Å². The van der Waals surface area contributed by atoms with E-state index >= 15 is 0 Å². The Morgan fingerprint density at radius 2 is 2.00 bits per heavy atom. The summed E-state index contributed by atoms with van der Waals surface area (Å²) in [4.78, 5) is 12.7. The molecule has 3 heterocycles. The van der Waals surface area contributed by atoms with Crippen LogP contribution in [0.2, 0.25) is 0 Å². The molecule has 0 aromatic heterocycles. The number of fused-ring (bicyclic) bond motifs is 3. The molecule has 5 heteroatoms. The lowest BCUT2D eigenvalue weighted by molar-refractivity contribution is -0.143. The van der Waals surface area contributed by atoms with Gasteiger partial charge in [0.05, 0.1) is 31.0 Å². The molecule has 4 aliphatic rings. The van der Waals surface area contributed by atoms with Gasteiger partial charge < -0.3 is 19.3 Å². The van der Waals surface area contributed by atoms with Gasteiger partial charge in [-0.1, -0.05) is 61.1 Å². The fraction of sp³-hybridized carbons (Fsp3) is 0.645. The molecule has 0 radical (unpaired) electrons. The Kier molecular flexibility index (Phi) is 9.80. The van der Waals surface area contributed by atoms with Gasteiger partial charge in [-0.3, -0.25) is 0 Å². The van der Waals surface area contributed by atoms with Crippen LogP contribution in [0.5, 0.6) is 0 Å². The molecule has 8 atom stereocenters. The molecule has 2 bridgehead atoms. The molecule has 0 amide bonds. The fourth-order valence-corrected chi connectivity index (χ4v) is 5.90. The van der Waals surface area contributed by atoms with Crippen LogP contribution in [0.25, 0.3) is 0 Å². The third kappa shape index (κ3) is 8.57. The molecule has 1 saturated carbocycles. The second-order valence-electron chi connectivity index (χ2n) is 11.4. The van der Waals surface area contributed by atoms with Crippen molar-refractivity contribution in [1.82, 2.24) is 0 Å². The van der Waals surface area contributed by atoms with Crippen molar-refractivity contribution in [3.05, 3.63) is 60.3 Å². The number of carbonyl (C=O) groups is 1. The molecule has 1 fully saturated rings. The first-order valence-corrected chi connectivity index (χ1v) is 13.8. The second kappa shape index (κ2) is 13.0. The number of hydrogen-bond acceptors (Lipinski definition) is 5. The maximum Gasteiger partial charge on any atom is 0.330 e. The number of carbonyl (C=O) groups excluding carboxylic acids is 1. The third-order valence-corrected chi connectivity index (χ3v) is 7.87. The third-order valence-electron chi connectivity index (χ3n) is 7.87. The number of aliphatic hydroxyl groups excluding tert-OH is 1. The first-order chi connectivity index (χ1) is 17.4. The second-order valence-corrected chi connectivity index (χ2v) is 11.4. The van der Waals surface area contributed by atoms with Crippen LogP contribution in [0.1, 0.15) is 71.6 Å². The van der Waals surface area contributed by atoms with Crippen LogP contribution < -0.4 is 0 Å². The summed E-state index contributed by atoms with van der Waals surface area (Å²) >= 11 is 0. The molecule has 0 aromatic carbocycles. The van der Waals surface area contributed by atoms with Gasteiger partial charge in [-0.2, -0.15) is 0 Å². The van der Waals surface area contributed by atoms with E-state index in [1.807, 2.05) is 6.08 Å². The summed E-state index contributed by atoms with van der Waals surface area (Å²) in [5, 5.41) is 10.9. The maximum absolute atomic E-state index is 12.7. The summed E-state index contributed by atoms with van der Waals surface area (Å²) in [6, 6.07) is 0. The topological polar surface area (TPSA) is 65.0 Å². The van der Waals surface area contributed by atoms with Crippen molar-refractivity contribution in [2.45, 2.75) is 102 Å². The van der Waals surface area contributed by atoms with Gasteiger partial charge in [0.2, 0.25) is 0 Å². The largest absolute Gasteiger partial charge is 0.459 e. The van der Waals surface area contributed by atoms with Gasteiger partial charge in [-0.05, 0) is 76.0 Å². The van der Waals surface area contributed by atoms with E-state index in [1.165, 1.54) is 5.57 Å². The minimum atomic E-state index is -0.371. The summed E-state index contributed by atoms with van der Waals surface area (Å²) in [7, 11) is 0. The fourth-order valence-electron chi connectivity index (χ4n) is 5.90. The molecular formula is C31H44O5. The van der Waals surface area contributed by atoms with Crippen LogP contribution in [-0.2, 0) is 19.0 Å². The van der Waals surface area contributed by atoms with E-state index in [1.54, 1.807) is 6.08 Å². The smallest absolute Gasteiger partial charge is 0.330 e. The number of ether oxygens (including phenoxy) is 3. The minimum absolute atomic E-state index is 0.0112. The van der Waals surface area contributed by atoms with E-state index in [9.17, 15) is 9.90 Å². The van der Waals surface area contributed by atoms with Crippen LogP contribution in [0, 0.1) is 17.8 Å². The van der Waals surface area contributed by atoms with Gasteiger partial charge in [-0.25, -0.2) is 4.79 Å². The van der Waals surface area contributed by atoms with Crippen molar-refractivity contribution in [2.75, 3.05) is 6.61 Å². The number of cyclic esters (lactones) is 1. The van der Waals surface area contributed by atoms with Gasteiger partial charge in [0.1, 0.15) is 6.10 Å². The van der Waals surface area contributed by atoms with E-state index in [-0.39, 0.29) is 42.4 Å². The van der Waals surface area contributed by atoms with E-state index in [0.717, 1.165) is 44.1 Å². The first kappa shape index (κ1) is 27.1. The monoisotopic (exact) mass is 496 g/mol. The van der Waals surface area contributed by atoms with Crippen molar-refractivity contribution in [2.24, 2.45) is 17.8 Å². The zero-order valence-corrected chi connectivity index (χ0v) is 22.0. The number of hydrogen-bond donors (Lipinski definition) is 1. The highest BCUT2D eigenvalue weighted by atomic mass is 16.5. The van der Waals surface area contributed by atoms with Gasteiger partial charge in [0.15, 0.2) is 0 Å². The van der Waals surface area contributed by atoms with Gasteiger partial charge in [0, 0.05) is 12.5 Å². The Morgan fingerprint density at radius 3 is 2.83 bits per heavy atom. The van der Waals surface area contributed by atoms with Gasteiger partial charge in [-0.15, -0.1) is 0 Å². The molecule has 1 aliphatic carbocycles. The normalized spacial score (nSPS) is 39.5. The molecule has 4 rings (SSSR count). The lowest BCUT2D eigenvalue weighted by Gasteiger charge is -2.28. The standard InChI is InChI=1S/C31H44O5/c1-21-13-14-34-26(16-21)9-5-11-28-19-24-20-29(24)30(32)18-23(3)15-22(2)17-27-10-4-7-25(35-27)8-6-12-31(33)36-28/h4-7,9,12-13,22,24-30,32H,3,8,10-11,14-20H2,1-2H3/b9-5+,12-6+/t22-,24-,25-,26+,27-,28+,29+,30-/m0/s1. The van der Waals surface area contributed by atoms with Crippen molar-refractivity contribution >= 4 is 5.97 Å². The molecule has 1 N–H and O–H groups in total. The Bertz CT molecular complexity index is 883. The SMILES string of the molecule is C=C1C[C@H](C)C[C@@H]2CC=C[C@@H](C/C=C/C(=O)O[C@H](C/C=C/[C@@H]3CC(C)=CCO3)C[C@H]3C[C@H]3[C@@H](O)C1)O2. The average Bonchev–Trinajstić information content (AvgIpc) is 3.58. The van der Waals surface area contributed by atoms with E-state index < -0.39 is 0 Å². The quantitative estimate of drug-likeness (QED) is 0.383. The minimum Gasteiger partial charge on any atom is -0.459 e. The molecule has 3 aliphatic heterocycles. The molecule has 36 heavy (non-hydrogen) atoms. The molecule has 0 aromatic rings. The van der Waals surface area contributed by atoms with Crippen LogP contribution in [0.3, 0.4) is 0 Å². The zero-order chi connectivity index (χ0) is 25.5. The molecular weight excluding hydrogens is 452 g/mol. The molecule has 0 spiro atoms. The summed E-state index contributed by atoms with van der Waals surface area (Å²) in [5.74, 6) is 0.801. The Morgan fingerprint density at radius 1 is 1.14 bits per heavy atom. The first-order valence-electron chi connectivity index (χ1n) is 13.8. The van der Waals surface area contributed by atoms with Crippen LogP contribution in [0.15, 0.2) is 60.3 Å². The number of aliphatic hydroxyl groups is 1. The van der Waals surface area contributed by atoms with Crippen LogP contribution >= 0.6 is 0 Å². The Labute approximate surface area is 217 Å². The van der Waals surface area contributed by atoms with E-state index in [0.29, 0.717) is 37.7 Å². The van der Waals surface area contributed by atoms with Crippen molar-refractivity contribution in [1.29, 1.82) is 0 Å². The van der Waals surface area contributed by atoms with Crippen LogP contribution in [0.4, 0.5) is 0 Å². The molecule has 5 nitrogen and oxygen atoms in total. The Balaban J connectivity index is 1.40. The summed E-state index contributed by atoms with van der Waals surface area (Å²) < 4.78 is 17.9. The summed E-state index contributed by atoms with van der Waals surface area (Å²) in [6.07, 6.45) is 21.1. The highest BCUT2D eigenvalue weighted by Crippen LogP contribution is 2.47. The maximum atomic E-state index is 12.7. The number of esters is 1. The van der Waals surface area contributed by atoms with Crippen LogP contribution in [-0.4, -0.2) is 48.2 Å². The predicted octanol–water partition coefficient (Wildman–Crippen LogP) is 6.00. The highest BCUT2D eigenvalue weighted by Gasteiger charge is 2.43. The average molecular weight is 497 g/mol.